The number of aryl methyl sites for hydroxylation is 1. The Labute approximate surface area is 243 Å². The summed E-state index contributed by atoms with van der Waals surface area (Å²) in [5, 5.41) is 0. The van der Waals surface area contributed by atoms with Crippen LogP contribution in [0.2, 0.25) is 0 Å². The Morgan fingerprint density at radius 2 is 1.56 bits per heavy atom. The van der Waals surface area contributed by atoms with Crippen LogP contribution in [0.15, 0.2) is 83.8 Å². The van der Waals surface area contributed by atoms with Gasteiger partial charge < -0.3 is 19.1 Å². The highest BCUT2D eigenvalue weighted by Gasteiger charge is 2.30. The zero-order valence-electron chi connectivity index (χ0n) is 24.1. The summed E-state index contributed by atoms with van der Waals surface area (Å²) in [6.07, 6.45) is -0.122. The van der Waals surface area contributed by atoms with Gasteiger partial charge in [0.15, 0.2) is 0 Å². The molecule has 8 nitrogen and oxygen atoms in total. The summed E-state index contributed by atoms with van der Waals surface area (Å²) in [7, 11) is -4.07. The maximum Gasteiger partial charge on any atom is 0.410 e. The van der Waals surface area contributed by atoms with Crippen LogP contribution < -0.4 is 4.74 Å². The third-order valence-corrected chi connectivity index (χ3v) is 8.17. The van der Waals surface area contributed by atoms with Gasteiger partial charge in [-0.3, -0.25) is 4.18 Å². The maximum atomic E-state index is 13.3. The van der Waals surface area contributed by atoms with E-state index in [1.165, 1.54) is 6.07 Å². The van der Waals surface area contributed by atoms with E-state index in [2.05, 4.69) is 0 Å². The van der Waals surface area contributed by atoms with Gasteiger partial charge in [-0.1, -0.05) is 60.7 Å². The van der Waals surface area contributed by atoms with E-state index in [1.807, 2.05) is 51.1 Å². The summed E-state index contributed by atoms with van der Waals surface area (Å²) in [5.41, 5.74) is 1.75. The van der Waals surface area contributed by atoms with Crippen molar-refractivity contribution in [3.8, 4) is 5.75 Å². The number of carbonyl (C=O) groups excluding carboxylic acids is 1. The average molecular weight is 582 g/mol. The van der Waals surface area contributed by atoms with Crippen LogP contribution in [0.3, 0.4) is 0 Å². The first-order valence-corrected chi connectivity index (χ1v) is 15.3. The molecule has 0 saturated carbocycles. The molecule has 1 saturated heterocycles. The minimum atomic E-state index is -4.07. The number of piperidine rings is 1. The quantitative estimate of drug-likeness (QED) is 0.255. The number of benzene rings is 3. The highest BCUT2D eigenvalue weighted by Crippen LogP contribution is 2.29. The number of rotatable bonds is 10. The molecular formula is C32H39NO7S. The van der Waals surface area contributed by atoms with Gasteiger partial charge in [0, 0.05) is 13.1 Å². The number of likely N-dealkylation sites (tertiary alicyclic amines) is 1. The summed E-state index contributed by atoms with van der Waals surface area (Å²) in [6, 6.07) is 23.8. The first kappa shape index (κ1) is 30.6. The second-order valence-electron chi connectivity index (χ2n) is 11.1. The van der Waals surface area contributed by atoms with E-state index in [4.69, 9.17) is 18.4 Å². The molecule has 3 aromatic carbocycles. The Morgan fingerprint density at radius 1 is 0.927 bits per heavy atom. The molecule has 0 aliphatic carbocycles. The number of amides is 1. The molecule has 1 fully saturated rings. The Bertz CT molecular complexity index is 1380. The molecule has 220 valence electrons. The first-order valence-electron chi connectivity index (χ1n) is 13.9. The third-order valence-electron chi connectivity index (χ3n) is 6.68. The fourth-order valence-corrected chi connectivity index (χ4v) is 5.78. The summed E-state index contributed by atoms with van der Waals surface area (Å²) in [4.78, 5) is 14.2. The van der Waals surface area contributed by atoms with Gasteiger partial charge in [0.2, 0.25) is 0 Å². The number of hydrogen-bond acceptors (Lipinski definition) is 7. The molecule has 0 radical (unpaired) electrons. The van der Waals surface area contributed by atoms with Gasteiger partial charge in [-0.05, 0) is 75.4 Å². The average Bonchev–Trinajstić information content (AvgIpc) is 2.94. The summed E-state index contributed by atoms with van der Waals surface area (Å²) >= 11 is 0. The van der Waals surface area contributed by atoms with E-state index in [0.29, 0.717) is 49.4 Å². The number of carbonyl (C=O) groups is 1. The van der Waals surface area contributed by atoms with Crippen LogP contribution in [0, 0.1) is 6.92 Å². The molecule has 1 amide bonds. The molecule has 1 heterocycles. The standard InChI is InChI=1S/C32H39NO7S/c1-24-10-8-9-13-30(24)41(35,36)40-29(23-38-28-18-20-33(21-19-28)31(34)39-32(2,3)4)26-14-16-27(17-15-26)37-22-25-11-6-5-7-12-25/h5-17,28-29H,18-23H2,1-4H3. The van der Waals surface area contributed by atoms with E-state index in [-0.39, 0.29) is 23.7 Å². The van der Waals surface area contributed by atoms with E-state index < -0.39 is 21.8 Å². The van der Waals surface area contributed by atoms with Crippen LogP contribution in [0.5, 0.6) is 5.75 Å². The minimum Gasteiger partial charge on any atom is -0.489 e. The molecular weight excluding hydrogens is 542 g/mol. The fourth-order valence-electron chi connectivity index (χ4n) is 4.50. The largest absolute Gasteiger partial charge is 0.489 e. The topological polar surface area (TPSA) is 91.4 Å². The SMILES string of the molecule is Cc1ccccc1S(=O)(=O)OC(COC1CCN(C(=O)OC(C)(C)C)CC1)c1ccc(OCc2ccccc2)cc1. The van der Waals surface area contributed by atoms with Gasteiger partial charge in [0.25, 0.3) is 10.1 Å². The lowest BCUT2D eigenvalue weighted by atomic mass is 10.1. The second kappa shape index (κ2) is 13.5. The van der Waals surface area contributed by atoms with Crippen molar-refractivity contribution in [2.45, 2.75) is 69.8 Å². The number of ether oxygens (including phenoxy) is 3. The van der Waals surface area contributed by atoms with Gasteiger partial charge in [0.1, 0.15) is 24.1 Å². The normalized spacial score (nSPS) is 15.4. The number of hydrogen-bond donors (Lipinski definition) is 0. The zero-order chi connectivity index (χ0) is 29.5. The van der Waals surface area contributed by atoms with Gasteiger partial charge in [-0.25, -0.2) is 4.79 Å². The van der Waals surface area contributed by atoms with Crippen LogP contribution in [0.4, 0.5) is 4.79 Å². The molecule has 3 aromatic rings. The summed E-state index contributed by atoms with van der Waals surface area (Å²) < 4.78 is 49.9. The molecule has 1 atom stereocenters. The lowest BCUT2D eigenvalue weighted by Gasteiger charge is -2.33. The van der Waals surface area contributed by atoms with Crippen molar-refractivity contribution < 1.29 is 31.6 Å². The summed E-state index contributed by atoms with van der Waals surface area (Å²) in [6.45, 7) is 8.72. The molecule has 0 spiro atoms. The zero-order valence-corrected chi connectivity index (χ0v) is 24.9. The Hall–Kier alpha value is -3.40. The van der Waals surface area contributed by atoms with Crippen molar-refractivity contribution in [2.75, 3.05) is 19.7 Å². The van der Waals surface area contributed by atoms with Crippen LogP contribution in [-0.2, 0) is 30.4 Å². The monoisotopic (exact) mass is 581 g/mol. The fraction of sp³-hybridized carbons (Fsp3) is 0.406. The highest BCUT2D eigenvalue weighted by molar-refractivity contribution is 7.86. The third kappa shape index (κ3) is 9.05. The van der Waals surface area contributed by atoms with Gasteiger partial charge in [-0.15, -0.1) is 0 Å². The van der Waals surface area contributed by atoms with Crippen LogP contribution >= 0.6 is 0 Å². The molecule has 0 aromatic heterocycles. The lowest BCUT2D eigenvalue weighted by Crippen LogP contribution is -2.43. The number of nitrogens with zero attached hydrogens (tertiary/aromatic N) is 1. The molecule has 0 bridgehead atoms. The molecule has 1 aliphatic rings. The summed E-state index contributed by atoms with van der Waals surface area (Å²) in [5.74, 6) is 0.661. The lowest BCUT2D eigenvalue weighted by molar-refractivity contribution is -0.0337. The van der Waals surface area contributed by atoms with Gasteiger partial charge >= 0.3 is 6.09 Å². The smallest absolute Gasteiger partial charge is 0.410 e. The molecule has 0 N–H and O–H groups in total. The Kier molecular flexibility index (Phi) is 10.1. The maximum absolute atomic E-state index is 13.3. The van der Waals surface area contributed by atoms with Crippen molar-refractivity contribution >= 4 is 16.2 Å². The van der Waals surface area contributed by atoms with E-state index in [1.54, 1.807) is 54.3 Å². The van der Waals surface area contributed by atoms with Crippen LogP contribution in [0.25, 0.3) is 0 Å². The second-order valence-corrected chi connectivity index (χ2v) is 12.7. The van der Waals surface area contributed by atoms with Crippen molar-refractivity contribution in [3.05, 3.63) is 95.6 Å². The van der Waals surface area contributed by atoms with Crippen LogP contribution in [0.1, 0.15) is 56.4 Å². The van der Waals surface area contributed by atoms with Crippen molar-refractivity contribution in [2.24, 2.45) is 0 Å². The molecule has 4 rings (SSSR count). The molecule has 1 aliphatic heterocycles. The van der Waals surface area contributed by atoms with Crippen molar-refractivity contribution in [3.63, 3.8) is 0 Å². The van der Waals surface area contributed by atoms with Gasteiger partial charge in [0.05, 0.1) is 17.6 Å². The molecule has 1 unspecified atom stereocenters. The Balaban J connectivity index is 1.43. The van der Waals surface area contributed by atoms with Crippen molar-refractivity contribution in [1.29, 1.82) is 0 Å². The predicted octanol–water partition coefficient (Wildman–Crippen LogP) is 6.44. The first-order chi connectivity index (χ1) is 19.5. The van der Waals surface area contributed by atoms with E-state index >= 15 is 0 Å². The predicted molar refractivity (Wildman–Crippen MR) is 156 cm³/mol. The molecule has 41 heavy (non-hydrogen) atoms. The van der Waals surface area contributed by atoms with E-state index in [9.17, 15) is 13.2 Å². The Morgan fingerprint density at radius 3 is 2.20 bits per heavy atom. The molecule has 9 heteroatoms. The van der Waals surface area contributed by atoms with Gasteiger partial charge in [-0.2, -0.15) is 8.42 Å². The van der Waals surface area contributed by atoms with Crippen LogP contribution in [-0.4, -0.2) is 50.8 Å². The highest BCUT2D eigenvalue weighted by atomic mass is 32.2. The van der Waals surface area contributed by atoms with Crippen molar-refractivity contribution in [1.82, 2.24) is 4.90 Å². The minimum absolute atomic E-state index is 0.0342. The van der Waals surface area contributed by atoms with E-state index in [0.717, 1.165) is 5.56 Å².